The summed E-state index contributed by atoms with van der Waals surface area (Å²) in [5, 5.41) is 4.88. The molecule has 34 heavy (non-hydrogen) atoms. The molecule has 1 aromatic heterocycles. The maximum Gasteiger partial charge on any atom is 0.231 e. The molecular weight excluding hydrogens is 424 g/mol. The van der Waals surface area contributed by atoms with Gasteiger partial charge in [0, 0.05) is 17.3 Å². The van der Waals surface area contributed by atoms with Crippen molar-refractivity contribution in [2.24, 2.45) is 0 Å². The zero-order chi connectivity index (χ0) is 23.7. The van der Waals surface area contributed by atoms with Gasteiger partial charge in [0.1, 0.15) is 23.8 Å². The number of rotatable bonds is 6. The predicted molar refractivity (Wildman–Crippen MR) is 134 cm³/mol. The van der Waals surface area contributed by atoms with E-state index in [9.17, 15) is 4.79 Å². The minimum atomic E-state index is -0.123. The molecule has 0 atom stereocenters. The maximum atomic E-state index is 13.0. The van der Waals surface area contributed by atoms with Gasteiger partial charge in [0.05, 0.1) is 11.3 Å². The van der Waals surface area contributed by atoms with Crippen LogP contribution in [0.25, 0.3) is 23.0 Å². The topological polar surface area (TPSA) is 53.4 Å². The van der Waals surface area contributed by atoms with Gasteiger partial charge in [-0.15, -0.1) is 0 Å². The van der Waals surface area contributed by atoms with Gasteiger partial charge in [-0.3, -0.25) is 4.79 Å². The molecule has 5 rings (SSSR count). The molecule has 1 aliphatic heterocycles. The molecule has 168 valence electrons. The summed E-state index contributed by atoms with van der Waals surface area (Å²) < 4.78 is 13.4. The maximum absolute atomic E-state index is 13.0. The Morgan fingerprint density at radius 2 is 1.85 bits per heavy atom. The van der Waals surface area contributed by atoms with E-state index in [0.717, 1.165) is 39.4 Å². The number of para-hydroxylation sites is 1. The summed E-state index contributed by atoms with van der Waals surface area (Å²) in [6.07, 6.45) is 5.41. The predicted octanol–water partition coefficient (Wildman–Crippen LogP) is 6.34. The second-order valence-corrected chi connectivity index (χ2v) is 8.23. The number of aryl methyl sites for hydroxylation is 2. The summed E-state index contributed by atoms with van der Waals surface area (Å²) in [6, 6.07) is 21.4. The number of allylic oxidation sites excluding steroid dienone is 1. The first-order valence-electron chi connectivity index (χ1n) is 11.1. The molecular formula is C29H24N2O3. The summed E-state index contributed by atoms with van der Waals surface area (Å²) >= 11 is 0. The molecule has 0 fully saturated rings. The highest BCUT2D eigenvalue weighted by molar-refractivity contribution is 6.14. The van der Waals surface area contributed by atoms with E-state index in [-0.39, 0.29) is 11.5 Å². The number of carbonyl (C=O) groups is 1. The van der Waals surface area contributed by atoms with Gasteiger partial charge in [-0.1, -0.05) is 42.5 Å². The normalized spacial score (nSPS) is 13.6. The third kappa shape index (κ3) is 4.04. The van der Waals surface area contributed by atoms with Crippen molar-refractivity contribution in [3.63, 3.8) is 0 Å². The average Bonchev–Trinajstić information content (AvgIpc) is 3.40. The van der Waals surface area contributed by atoms with Crippen molar-refractivity contribution >= 4 is 11.9 Å². The summed E-state index contributed by atoms with van der Waals surface area (Å²) in [5.74, 6) is 1.52. The van der Waals surface area contributed by atoms with Gasteiger partial charge in [0.2, 0.25) is 5.78 Å². The third-order valence-corrected chi connectivity index (χ3v) is 5.69. The van der Waals surface area contributed by atoms with E-state index >= 15 is 0 Å². The minimum absolute atomic E-state index is 0.123. The van der Waals surface area contributed by atoms with E-state index in [2.05, 4.69) is 6.58 Å². The number of hydrogen-bond acceptors (Lipinski definition) is 4. The Hall–Kier alpha value is -4.38. The molecule has 0 unspecified atom stereocenters. The number of nitrogens with zero attached hydrogens (tertiary/aromatic N) is 2. The Morgan fingerprint density at radius 1 is 1.03 bits per heavy atom. The lowest BCUT2D eigenvalue weighted by atomic mass is 10.0. The van der Waals surface area contributed by atoms with Crippen molar-refractivity contribution in [3.8, 4) is 28.4 Å². The standard InChI is InChI=1S/C29H24N2O3/c1-4-14-33-23-11-12-24(20(3)16-23)28-21(18-31(30-28)22-8-6-5-7-9-22)17-27-29(32)25-15-19(2)10-13-26(25)34-27/h4-13,15-18H,1,14H2,2-3H3/b27-17-. The highest BCUT2D eigenvalue weighted by Gasteiger charge is 2.28. The summed E-state index contributed by atoms with van der Waals surface area (Å²) in [6.45, 7) is 8.12. The molecule has 1 aliphatic rings. The lowest BCUT2D eigenvalue weighted by molar-refractivity contribution is 0.101. The highest BCUT2D eigenvalue weighted by Crippen LogP contribution is 2.35. The van der Waals surface area contributed by atoms with Crippen molar-refractivity contribution in [3.05, 3.63) is 114 Å². The molecule has 0 saturated carbocycles. The molecule has 2 heterocycles. The number of ether oxygens (including phenoxy) is 2. The average molecular weight is 449 g/mol. The van der Waals surface area contributed by atoms with Gasteiger partial charge in [-0.05, 0) is 68.0 Å². The van der Waals surface area contributed by atoms with Crippen molar-refractivity contribution in [1.29, 1.82) is 0 Å². The number of fused-ring (bicyclic) bond motifs is 1. The van der Waals surface area contributed by atoms with Crippen LogP contribution in [0.3, 0.4) is 0 Å². The number of carbonyl (C=O) groups excluding carboxylic acids is 1. The Kier molecular flexibility index (Phi) is 5.60. The number of benzene rings is 3. The zero-order valence-corrected chi connectivity index (χ0v) is 19.1. The van der Waals surface area contributed by atoms with E-state index < -0.39 is 0 Å². The van der Waals surface area contributed by atoms with Crippen LogP contribution in [0.2, 0.25) is 0 Å². The third-order valence-electron chi connectivity index (χ3n) is 5.69. The summed E-state index contributed by atoms with van der Waals surface area (Å²) in [4.78, 5) is 13.0. The van der Waals surface area contributed by atoms with Crippen LogP contribution >= 0.6 is 0 Å². The molecule has 0 N–H and O–H groups in total. The summed E-state index contributed by atoms with van der Waals surface area (Å²) in [5.41, 5.74) is 6.04. The van der Waals surface area contributed by atoms with Crippen LogP contribution in [-0.4, -0.2) is 22.2 Å². The Bertz CT molecular complexity index is 1430. The van der Waals surface area contributed by atoms with E-state index in [1.807, 2.05) is 91.5 Å². The molecule has 0 radical (unpaired) electrons. The van der Waals surface area contributed by atoms with Gasteiger partial charge in [0.15, 0.2) is 5.76 Å². The number of hydrogen-bond donors (Lipinski definition) is 0. The van der Waals surface area contributed by atoms with E-state index in [0.29, 0.717) is 17.9 Å². The molecule has 0 amide bonds. The lowest BCUT2D eigenvalue weighted by Gasteiger charge is -2.09. The Morgan fingerprint density at radius 3 is 2.62 bits per heavy atom. The van der Waals surface area contributed by atoms with Crippen molar-refractivity contribution < 1.29 is 14.3 Å². The fourth-order valence-corrected chi connectivity index (χ4v) is 4.01. The molecule has 3 aromatic carbocycles. The van der Waals surface area contributed by atoms with Crippen LogP contribution in [0.4, 0.5) is 0 Å². The summed E-state index contributed by atoms with van der Waals surface area (Å²) in [7, 11) is 0. The first-order valence-corrected chi connectivity index (χ1v) is 11.1. The largest absolute Gasteiger partial charge is 0.490 e. The van der Waals surface area contributed by atoms with E-state index in [1.165, 1.54) is 0 Å². The van der Waals surface area contributed by atoms with Crippen LogP contribution in [0.15, 0.2) is 91.3 Å². The number of Topliss-reactive ketones (excluding diaryl/α,β-unsaturated/α-hetero) is 1. The van der Waals surface area contributed by atoms with Crippen molar-refractivity contribution in [2.45, 2.75) is 13.8 Å². The van der Waals surface area contributed by atoms with Gasteiger partial charge in [-0.25, -0.2) is 4.68 Å². The van der Waals surface area contributed by atoms with Gasteiger partial charge < -0.3 is 9.47 Å². The smallest absolute Gasteiger partial charge is 0.231 e. The van der Waals surface area contributed by atoms with Crippen molar-refractivity contribution in [1.82, 2.24) is 9.78 Å². The fraction of sp³-hybridized carbons (Fsp3) is 0.103. The zero-order valence-electron chi connectivity index (χ0n) is 19.1. The van der Waals surface area contributed by atoms with E-state index in [4.69, 9.17) is 14.6 Å². The molecule has 0 saturated heterocycles. The van der Waals surface area contributed by atoms with Gasteiger partial charge >= 0.3 is 0 Å². The second-order valence-electron chi connectivity index (χ2n) is 8.23. The molecule has 0 aliphatic carbocycles. The SMILES string of the molecule is C=CCOc1ccc(-c2nn(-c3ccccc3)cc2/C=C2\Oc3ccc(C)cc3C2=O)c(C)c1. The van der Waals surface area contributed by atoms with Crippen LogP contribution in [0.5, 0.6) is 11.5 Å². The second kappa shape index (κ2) is 8.87. The minimum Gasteiger partial charge on any atom is -0.490 e. The Balaban J connectivity index is 1.60. The van der Waals surface area contributed by atoms with Gasteiger partial charge in [0.25, 0.3) is 0 Å². The molecule has 0 spiro atoms. The number of ketones is 1. The lowest BCUT2D eigenvalue weighted by Crippen LogP contribution is -1.98. The molecule has 0 bridgehead atoms. The first-order chi connectivity index (χ1) is 16.5. The molecule has 5 nitrogen and oxygen atoms in total. The van der Waals surface area contributed by atoms with Crippen LogP contribution in [0.1, 0.15) is 27.0 Å². The first kappa shape index (κ1) is 21.5. The van der Waals surface area contributed by atoms with E-state index in [1.54, 1.807) is 12.2 Å². The monoisotopic (exact) mass is 448 g/mol. The van der Waals surface area contributed by atoms with Crippen LogP contribution in [-0.2, 0) is 0 Å². The van der Waals surface area contributed by atoms with Crippen LogP contribution < -0.4 is 9.47 Å². The van der Waals surface area contributed by atoms with Gasteiger partial charge in [-0.2, -0.15) is 5.10 Å². The quantitative estimate of drug-likeness (QED) is 0.255. The van der Waals surface area contributed by atoms with Crippen molar-refractivity contribution in [2.75, 3.05) is 6.61 Å². The van der Waals surface area contributed by atoms with Crippen LogP contribution in [0, 0.1) is 13.8 Å². The Labute approximate surface area is 198 Å². The molecule has 5 heteroatoms. The molecule has 4 aromatic rings. The fourth-order valence-electron chi connectivity index (χ4n) is 4.01. The highest BCUT2D eigenvalue weighted by atomic mass is 16.5. The number of aromatic nitrogens is 2.